The quantitative estimate of drug-likeness (QED) is 0.511. The van der Waals surface area contributed by atoms with E-state index in [1.807, 2.05) is 0 Å². The lowest BCUT2D eigenvalue weighted by Crippen LogP contribution is -2.31. The van der Waals surface area contributed by atoms with Gasteiger partial charge in [0.2, 0.25) is 0 Å². The Hall–Kier alpha value is -1.28. The van der Waals surface area contributed by atoms with Crippen LogP contribution < -0.4 is 22.9 Å². The molecule has 0 aromatic heterocycles. The maximum atomic E-state index is 5.89. The normalized spacial score (nSPS) is 16.4. The second-order valence-corrected chi connectivity index (χ2v) is 8.99. The van der Waals surface area contributed by atoms with Crippen LogP contribution in [0.5, 0.6) is 0 Å². The Kier molecular flexibility index (Phi) is 7.25. The van der Waals surface area contributed by atoms with Crippen LogP contribution in [0.25, 0.3) is 12.2 Å². The van der Waals surface area contributed by atoms with E-state index in [-0.39, 0.29) is 12.1 Å². The standard InChI is InChI=1S/2C11H13BrN2/c2*12-10-2-1-7-3-9(11(14)6-13)4-8(7)5-10/h2*1-2,4-5,11H,3,6,13-14H2. The van der Waals surface area contributed by atoms with Gasteiger partial charge in [-0.25, -0.2) is 0 Å². The summed E-state index contributed by atoms with van der Waals surface area (Å²) in [7, 11) is 0. The van der Waals surface area contributed by atoms with Crippen LogP contribution in [0.3, 0.4) is 0 Å². The molecule has 6 heteroatoms. The monoisotopic (exact) mass is 504 g/mol. The molecule has 0 fully saturated rings. The second-order valence-electron chi connectivity index (χ2n) is 7.16. The first-order valence-corrected chi connectivity index (χ1v) is 10.9. The summed E-state index contributed by atoms with van der Waals surface area (Å²) in [5.74, 6) is 0. The molecule has 0 saturated heterocycles. The molecule has 2 aliphatic rings. The summed E-state index contributed by atoms with van der Waals surface area (Å²) in [6.45, 7) is 1.03. The maximum Gasteiger partial charge on any atom is 0.0385 e. The zero-order valence-corrected chi connectivity index (χ0v) is 18.8. The minimum Gasteiger partial charge on any atom is -0.329 e. The molecule has 4 nitrogen and oxygen atoms in total. The summed E-state index contributed by atoms with van der Waals surface area (Å²) in [5, 5.41) is 0. The van der Waals surface area contributed by atoms with Gasteiger partial charge in [-0.15, -0.1) is 0 Å². The zero-order chi connectivity index (χ0) is 20.3. The Bertz CT molecular complexity index is 845. The molecule has 2 aliphatic carbocycles. The maximum absolute atomic E-state index is 5.89. The van der Waals surface area contributed by atoms with Gasteiger partial charge in [-0.3, -0.25) is 0 Å². The third-order valence-electron chi connectivity index (χ3n) is 5.15. The van der Waals surface area contributed by atoms with Crippen molar-refractivity contribution in [2.45, 2.75) is 24.9 Å². The van der Waals surface area contributed by atoms with E-state index >= 15 is 0 Å². The van der Waals surface area contributed by atoms with Gasteiger partial charge < -0.3 is 22.9 Å². The Morgan fingerprint density at radius 2 is 1.11 bits per heavy atom. The summed E-state index contributed by atoms with van der Waals surface area (Å²) in [6, 6.07) is 12.6. The van der Waals surface area contributed by atoms with Gasteiger partial charge in [0.25, 0.3) is 0 Å². The van der Waals surface area contributed by atoms with Gasteiger partial charge >= 0.3 is 0 Å². The minimum absolute atomic E-state index is 0.00109. The third kappa shape index (κ3) is 5.00. The molecule has 2 aromatic rings. The molecule has 0 heterocycles. The first-order valence-electron chi connectivity index (χ1n) is 9.30. The molecule has 0 radical (unpaired) electrons. The number of hydrogen-bond donors (Lipinski definition) is 4. The van der Waals surface area contributed by atoms with Crippen LogP contribution in [0, 0.1) is 0 Å². The second kappa shape index (κ2) is 9.48. The highest BCUT2D eigenvalue weighted by Crippen LogP contribution is 2.29. The molecule has 0 spiro atoms. The van der Waals surface area contributed by atoms with Crippen molar-refractivity contribution in [3.05, 3.63) is 78.7 Å². The van der Waals surface area contributed by atoms with Crippen molar-refractivity contribution in [3.8, 4) is 0 Å². The molecule has 2 aromatic carbocycles. The van der Waals surface area contributed by atoms with Crippen molar-refractivity contribution >= 4 is 44.0 Å². The molecule has 148 valence electrons. The topological polar surface area (TPSA) is 104 Å². The van der Waals surface area contributed by atoms with Crippen LogP contribution in [-0.2, 0) is 12.8 Å². The number of halogens is 2. The van der Waals surface area contributed by atoms with Crippen LogP contribution in [0.2, 0.25) is 0 Å². The fourth-order valence-electron chi connectivity index (χ4n) is 3.44. The predicted octanol–water partition coefficient (Wildman–Crippen LogP) is 3.35. The molecule has 0 amide bonds. The largest absolute Gasteiger partial charge is 0.329 e. The highest BCUT2D eigenvalue weighted by molar-refractivity contribution is 9.10. The van der Waals surface area contributed by atoms with Crippen LogP contribution in [-0.4, -0.2) is 25.2 Å². The molecule has 2 unspecified atom stereocenters. The van der Waals surface area contributed by atoms with Gasteiger partial charge in [0.05, 0.1) is 0 Å². The van der Waals surface area contributed by atoms with Gasteiger partial charge in [0.15, 0.2) is 0 Å². The molecule has 8 N–H and O–H groups in total. The Morgan fingerprint density at radius 1 is 0.714 bits per heavy atom. The van der Waals surface area contributed by atoms with Crippen LogP contribution in [0.15, 0.2) is 56.5 Å². The SMILES string of the molecule is NCC(N)C1=Cc2cc(Br)ccc2C1.NCC(N)C1=Cc2cc(Br)ccc2C1. The van der Waals surface area contributed by atoms with Crippen molar-refractivity contribution in [1.29, 1.82) is 0 Å². The summed E-state index contributed by atoms with van der Waals surface area (Å²) in [4.78, 5) is 0. The first kappa shape index (κ1) is 21.4. The minimum atomic E-state index is 0.00109. The summed E-state index contributed by atoms with van der Waals surface area (Å²) in [6.07, 6.45) is 6.19. The number of benzene rings is 2. The molecular weight excluding hydrogens is 480 g/mol. The molecule has 0 aliphatic heterocycles. The van der Waals surface area contributed by atoms with Gasteiger partial charge in [-0.2, -0.15) is 0 Å². The smallest absolute Gasteiger partial charge is 0.0385 e. The van der Waals surface area contributed by atoms with E-state index in [9.17, 15) is 0 Å². The van der Waals surface area contributed by atoms with Crippen LogP contribution in [0.1, 0.15) is 22.3 Å². The molecule has 2 atom stereocenters. The highest BCUT2D eigenvalue weighted by atomic mass is 79.9. The molecule has 0 saturated carbocycles. The molecule has 4 rings (SSSR count). The fourth-order valence-corrected chi connectivity index (χ4v) is 4.20. The summed E-state index contributed by atoms with van der Waals surface area (Å²) in [5.41, 5.74) is 30.5. The van der Waals surface area contributed by atoms with Crippen molar-refractivity contribution in [3.63, 3.8) is 0 Å². The number of fused-ring (bicyclic) bond motifs is 2. The summed E-state index contributed by atoms with van der Waals surface area (Å²) < 4.78 is 2.21. The third-order valence-corrected chi connectivity index (χ3v) is 6.13. The van der Waals surface area contributed by atoms with E-state index in [0.29, 0.717) is 13.1 Å². The van der Waals surface area contributed by atoms with Gasteiger partial charge in [0, 0.05) is 34.1 Å². The van der Waals surface area contributed by atoms with E-state index in [1.165, 1.54) is 33.4 Å². The number of nitrogens with two attached hydrogens (primary N) is 4. The number of rotatable bonds is 4. The lowest BCUT2D eigenvalue weighted by atomic mass is 10.1. The predicted molar refractivity (Wildman–Crippen MR) is 126 cm³/mol. The van der Waals surface area contributed by atoms with Gasteiger partial charge in [-0.05, 0) is 70.5 Å². The van der Waals surface area contributed by atoms with Gasteiger partial charge in [-0.1, -0.05) is 56.1 Å². The lowest BCUT2D eigenvalue weighted by Gasteiger charge is -2.08. The van der Waals surface area contributed by atoms with Gasteiger partial charge in [0.1, 0.15) is 0 Å². The van der Waals surface area contributed by atoms with Crippen LogP contribution >= 0.6 is 31.9 Å². The Balaban J connectivity index is 0.000000161. The van der Waals surface area contributed by atoms with Crippen LogP contribution in [0.4, 0.5) is 0 Å². The fraction of sp³-hybridized carbons (Fsp3) is 0.273. The van der Waals surface area contributed by atoms with E-state index < -0.39 is 0 Å². The summed E-state index contributed by atoms with van der Waals surface area (Å²) >= 11 is 6.91. The van der Waals surface area contributed by atoms with Crippen molar-refractivity contribution in [2.75, 3.05) is 13.1 Å². The average Bonchev–Trinajstić information content (AvgIpc) is 3.30. The molecule has 28 heavy (non-hydrogen) atoms. The van der Waals surface area contributed by atoms with Crippen molar-refractivity contribution in [1.82, 2.24) is 0 Å². The Labute approximate surface area is 183 Å². The number of hydrogen-bond acceptors (Lipinski definition) is 4. The van der Waals surface area contributed by atoms with Crippen molar-refractivity contribution < 1.29 is 0 Å². The Morgan fingerprint density at radius 3 is 1.46 bits per heavy atom. The van der Waals surface area contributed by atoms with E-state index in [0.717, 1.165) is 21.8 Å². The lowest BCUT2D eigenvalue weighted by molar-refractivity contribution is 0.765. The first-order chi connectivity index (χ1) is 13.4. The van der Waals surface area contributed by atoms with E-state index in [1.54, 1.807) is 0 Å². The van der Waals surface area contributed by atoms with Crippen molar-refractivity contribution in [2.24, 2.45) is 22.9 Å². The zero-order valence-electron chi connectivity index (χ0n) is 15.7. The average molecular weight is 506 g/mol. The van der Waals surface area contributed by atoms with E-state index in [4.69, 9.17) is 22.9 Å². The highest BCUT2D eigenvalue weighted by Gasteiger charge is 2.17. The van der Waals surface area contributed by atoms with E-state index in [2.05, 4.69) is 80.4 Å². The molecular formula is C22H26Br2N4. The molecule has 0 bridgehead atoms.